The Bertz CT molecular complexity index is 1020. The van der Waals surface area contributed by atoms with Gasteiger partial charge in [0.1, 0.15) is 23.7 Å². The van der Waals surface area contributed by atoms with E-state index in [1.54, 1.807) is 17.8 Å². The summed E-state index contributed by atoms with van der Waals surface area (Å²) >= 11 is 0. The lowest BCUT2D eigenvalue weighted by Gasteiger charge is -2.22. The van der Waals surface area contributed by atoms with Crippen molar-refractivity contribution in [1.29, 1.82) is 0 Å². The summed E-state index contributed by atoms with van der Waals surface area (Å²) in [6.07, 6.45) is 1.59. The summed E-state index contributed by atoms with van der Waals surface area (Å²) in [5.74, 6) is 1.18. The molecule has 2 saturated heterocycles. The maximum Gasteiger partial charge on any atom is 0.272 e. The Morgan fingerprint density at radius 2 is 1.89 bits per heavy atom. The van der Waals surface area contributed by atoms with Crippen molar-refractivity contribution in [2.75, 3.05) is 31.1 Å². The molecule has 0 saturated carbocycles. The van der Waals surface area contributed by atoms with Gasteiger partial charge in [0.05, 0.1) is 5.69 Å². The van der Waals surface area contributed by atoms with E-state index in [4.69, 9.17) is 0 Å². The van der Waals surface area contributed by atoms with Crippen LogP contribution in [0.25, 0.3) is 5.65 Å². The van der Waals surface area contributed by atoms with E-state index >= 15 is 0 Å². The van der Waals surface area contributed by atoms with E-state index in [2.05, 4.69) is 25.2 Å². The Kier molecular flexibility index (Phi) is 3.56. The Labute approximate surface area is 154 Å². The number of fused-ring (bicyclic) bond motifs is 2. The molecule has 9 heteroatoms. The van der Waals surface area contributed by atoms with Crippen molar-refractivity contribution in [3.8, 4) is 0 Å². The van der Waals surface area contributed by atoms with Crippen LogP contribution in [0.1, 0.15) is 16.2 Å². The summed E-state index contributed by atoms with van der Waals surface area (Å²) < 4.78 is 15.1. The molecule has 3 aromatic rings. The lowest BCUT2D eigenvalue weighted by molar-refractivity contribution is 0.0776. The molecule has 0 spiro atoms. The zero-order valence-electron chi connectivity index (χ0n) is 14.8. The number of halogens is 1. The van der Waals surface area contributed by atoms with Gasteiger partial charge < -0.3 is 9.80 Å². The normalized spacial score (nSPS) is 21.9. The Morgan fingerprint density at radius 1 is 1.11 bits per heavy atom. The number of anilines is 1. The van der Waals surface area contributed by atoms with Crippen molar-refractivity contribution in [2.24, 2.45) is 11.8 Å². The molecule has 2 aliphatic heterocycles. The quantitative estimate of drug-likeness (QED) is 0.677. The first-order chi connectivity index (χ1) is 13.1. The van der Waals surface area contributed by atoms with Gasteiger partial charge in [0.25, 0.3) is 5.91 Å². The zero-order chi connectivity index (χ0) is 18.5. The number of aromatic nitrogens is 5. The third-order valence-corrected chi connectivity index (χ3v) is 5.49. The van der Waals surface area contributed by atoms with Crippen LogP contribution in [0.15, 0.2) is 30.6 Å². The summed E-state index contributed by atoms with van der Waals surface area (Å²) in [6.45, 7) is 4.65. The van der Waals surface area contributed by atoms with E-state index in [-0.39, 0.29) is 11.6 Å². The topological polar surface area (TPSA) is 79.5 Å². The van der Waals surface area contributed by atoms with E-state index in [0.717, 1.165) is 24.6 Å². The summed E-state index contributed by atoms with van der Waals surface area (Å²) in [7, 11) is 0. The van der Waals surface area contributed by atoms with Crippen molar-refractivity contribution in [2.45, 2.75) is 6.92 Å². The predicted octanol–water partition coefficient (Wildman–Crippen LogP) is 1.18. The number of hydrogen-bond donors (Lipinski definition) is 0. The third kappa shape index (κ3) is 2.70. The van der Waals surface area contributed by atoms with Crippen LogP contribution in [-0.4, -0.2) is 61.8 Å². The van der Waals surface area contributed by atoms with Crippen molar-refractivity contribution in [3.63, 3.8) is 0 Å². The summed E-state index contributed by atoms with van der Waals surface area (Å²) in [5.41, 5.74) is 1.28. The smallest absolute Gasteiger partial charge is 0.272 e. The average molecular weight is 367 g/mol. The molecule has 2 atom stereocenters. The van der Waals surface area contributed by atoms with Gasteiger partial charge in [-0.15, -0.1) is 15.3 Å². The summed E-state index contributed by atoms with van der Waals surface area (Å²) in [6, 6.07) is 6.63. The van der Waals surface area contributed by atoms with Crippen LogP contribution in [0.3, 0.4) is 0 Å². The molecule has 0 radical (unpaired) electrons. The Hall–Kier alpha value is -3.10. The van der Waals surface area contributed by atoms with Crippen molar-refractivity contribution >= 4 is 17.4 Å². The second-order valence-corrected chi connectivity index (χ2v) is 7.22. The minimum absolute atomic E-state index is 0.122. The molecule has 0 aliphatic carbocycles. The van der Waals surface area contributed by atoms with E-state index in [9.17, 15) is 9.18 Å². The van der Waals surface area contributed by atoms with Gasteiger partial charge in [0.15, 0.2) is 5.65 Å². The van der Waals surface area contributed by atoms with Crippen LogP contribution in [0.4, 0.5) is 10.2 Å². The monoisotopic (exact) mass is 367 g/mol. The molecular formula is C18H18FN7O. The third-order valence-electron chi connectivity index (χ3n) is 5.49. The first kappa shape index (κ1) is 16.1. The van der Waals surface area contributed by atoms with Gasteiger partial charge in [-0.2, -0.15) is 4.52 Å². The number of carbonyl (C=O) groups excluding carboxylic acids is 1. The van der Waals surface area contributed by atoms with Crippen molar-refractivity contribution < 1.29 is 9.18 Å². The van der Waals surface area contributed by atoms with Crippen LogP contribution >= 0.6 is 0 Å². The largest absolute Gasteiger partial charge is 0.354 e. The average Bonchev–Trinajstić information content (AvgIpc) is 3.36. The van der Waals surface area contributed by atoms with Gasteiger partial charge in [-0.25, -0.2) is 9.37 Å². The molecule has 0 bridgehead atoms. The molecule has 0 N–H and O–H groups in total. The minimum Gasteiger partial charge on any atom is -0.354 e. The van der Waals surface area contributed by atoms with Gasteiger partial charge in [-0.05, 0) is 31.2 Å². The molecule has 138 valence electrons. The molecule has 2 unspecified atom stereocenters. The molecule has 2 aliphatic rings. The highest BCUT2D eigenvalue weighted by atomic mass is 19.1. The summed E-state index contributed by atoms with van der Waals surface area (Å²) in [4.78, 5) is 20.9. The number of rotatable bonds is 2. The van der Waals surface area contributed by atoms with E-state index in [1.807, 2.05) is 17.0 Å². The molecule has 3 aromatic heterocycles. The van der Waals surface area contributed by atoms with Gasteiger partial charge in [-0.3, -0.25) is 4.79 Å². The van der Waals surface area contributed by atoms with Crippen LogP contribution in [0, 0.1) is 24.6 Å². The highest BCUT2D eigenvalue weighted by molar-refractivity contribution is 5.92. The second-order valence-electron chi connectivity index (χ2n) is 7.22. The van der Waals surface area contributed by atoms with Gasteiger partial charge in [0, 0.05) is 38.0 Å². The maximum atomic E-state index is 13.4. The lowest BCUT2D eigenvalue weighted by atomic mass is 10.0. The zero-order valence-corrected chi connectivity index (χ0v) is 14.8. The molecule has 2 fully saturated rings. The Morgan fingerprint density at radius 3 is 2.63 bits per heavy atom. The second kappa shape index (κ2) is 5.97. The Balaban J connectivity index is 1.28. The molecular weight excluding hydrogens is 349 g/mol. The minimum atomic E-state index is -0.391. The number of aryl methyl sites for hydroxylation is 1. The SMILES string of the molecule is Cc1nc(C(=O)N2CC3CN(c4ccc5nncn5n4)CC3C2)ccc1F. The maximum absolute atomic E-state index is 13.4. The fourth-order valence-corrected chi connectivity index (χ4v) is 4.06. The van der Waals surface area contributed by atoms with E-state index in [1.165, 1.54) is 12.1 Å². The fraction of sp³-hybridized carbons (Fsp3) is 0.389. The first-order valence-corrected chi connectivity index (χ1v) is 8.93. The number of nitrogens with zero attached hydrogens (tertiary/aromatic N) is 7. The standard InChI is InChI=1S/C18H18FN7O/c1-11-14(19)2-3-15(21-11)18(27)25-8-12-6-24(7-13(12)9-25)17-5-4-16-22-20-10-26(16)23-17/h2-5,10,12-13H,6-9H2,1H3. The molecule has 5 rings (SSSR count). The van der Waals surface area contributed by atoms with Crippen LogP contribution < -0.4 is 4.90 Å². The van der Waals surface area contributed by atoms with Crippen LogP contribution in [-0.2, 0) is 0 Å². The number of carbonyl (C=O) groups is 1. The molecule has 27 heavy (non-hydrogen) atoms. The number of amides is 1. The van der Waals surface area contributed by atoms with Gasteiger partial charge >= 0.3 is 0 Å². The van der Waals surface area contributed by atoms with Gasteiger partial charge in [0.2, 0.25) is 0 Å². The first-order valence-electron chi connectivity index (χ1n) is 8.93. The molecule has 5 heterocycles. The number of pyridine rings is 1. The van der Waals surface area contributed by atoms with Crippen LogP contribution in [0.2, 0.25) is 0 Å². The van der Waals surface area contributed by atoms with E-state index in [0.29, 0.717) is 30.6 Å². The molecule has 0 aromatic carbocycles. The van der Waals surface area contributed by atoms with Crippen molar-refractivity contribution in [1.82, 2.24) is 29.7 Å². The number of likely N-dealkylation sites (tertiary alicyclic amines) is 1. The fourth-order valence-electron chi connectivity index (χ4n) is 4.06. The highest BCUT2D eigenvalue weighted by Gasteiger charge is 2.42. The van der Waals surface area contributed by atoms with Gasteiger partial charge in [-0.1, -0.05) is 0 Å². The van der Waals surface area contributed by atoms with E-state index < -0.39 is 5.82 Å². The highest BCUT2D eigenvalue weighted by Crippen LogP contribution is 2.33. The van der Waals surface area contributed by atoms with Crippen LogP contribution in [0.5, 0.6) is 0 Å². The molecule has 8 nitrogen and oxygen atoms in total. The summed E-state index contributed by atoms with van der Waals surface area (Å²) in [5, 5.41) is 12.4. The lowest BCUT2D eigenvalue weighted by Crippen LogP contribution is -2.34. The molecule has 1 amide bonds. The van der Waals surface area contributed by atoms with Crippen molar-refractivity contribution in [3.05, 3.63) is 47.8 Å². The number of hydrogen-bond acceptors (Lipinski definition) is 6. The predicted molar refractivity (Wildman–Crippen MR) is 94.8 cm³/mol.